The fourth-order valence-corrected chi connectivity index (χ4v) is 1.49. The van der Waals surface area contributed by atoms with Gasteiger partial charge in [-0.3, -0.25) is 4.79 Å². The van der Waals surface area contributed by atoms with Crippen molar-refractivity contribution in [2.24, 2.45) is 0 Å². The minimum atomic E-state index is -0.921. The van der Waals surface area contributed by atoms with Crippen LogP contribution >= 0.6 is 0 Å². The van der Waals surface area contributed by atoms with Gasteiger partial charge in [-0.25, -0.2) is 8.78 Å². The molecule has 0 aliphatic rings. The van der Waals surface area contributed by atoms with Crippen LogP contribution in [0.5, 0.6) is 17.2 Å². The molecule has 0 fully saturated rings. The first-order valence-electron chi connectivity index (χ1n) is 5.45. The third-order valence-corrected chi connectivity index (χ3v) is 2.51. The molecule has 0 atom stereocenters. The summed E-state index contributed by atoms with van der Waals surface area (Å²) < 4.78 is 31.3. The Labute approximate surface area is 107 Å². The summed E-state index contributed by atoms with van der Waals surface area (Å²) in [5, 5.41) is 9.71. The Hall–Kier alpha value is -2.43. The van der Waals surface area contributed by atoms with E-state index in [0.717, 1.165) is 12.1 Å². The van der Waals surface area contributed by atoms with Crippen molar-refractivity contribution in [3.8, 4) is 17.2 Å². The molecule has 5 heteroatoms. The zero-order valence-corrected chi connectivity index (χ0v) is 9.98. The van der Waals surface area contributed by atoms with Crippen molar-refractivity contribution in [1.82, 2.24) is 0 Å². The summed E-state index contributed by atoms with van der Waals surface area (Å²) >= 11 is 0. The van der Waals surface area contributed by atoms with Crippen molar-refractivity contribution in [2.75, 3.05) is 0 Å². The molecule has 2 aromatic carbocycles. The number of benzene rings is 1. The van der Waals surface area contributed by atoms with Crippen LogP contribution in [0.15, 0.2) is 41.2 Å². The van der Waals surface area contributed by atoms with Crippen LogP contribution in [0.1, 0.15) is 5.56 Å². The Bertz CT molecular complexity index is 684. The molecule has 0 heterocycles. The molecular weight excluding hydrogens is 254 g/mol. The van der Waals surface area contributed by atoms with E-state index in [1.807, 2.05) is 0 Å². The van der Waals surface area contributed by atoms with Crippen LogP contribution in [-0.4, -0.2) is 5.11 Å². The second kappa shape index (κ2) is 5.06. The molecule has 0 amide bonds. The number of ether oxygens (including phenoxy) is 1. The van der Waals surface area contributed by atoms with Crippen molar-refractivity contribution in [1.29, 1.82) is 0 Å². The Morgan fingerprint density at radius 1 is 1.11 bits per heavy atom. The number of aromatic hydroxyl groups is 1. The van der Waals surface area contributed by atoms with Gasteiger partial charge >= 0.3 is 0 Å². The van der Waals surface area contributed by atoms with Crippen LogP contribution in [0.25, 0.3) is 0 Å². The van der Waals surface area contributed by atoms with E-state index >= 15 is 0 Å². The fourth-order valence-electron chi connectivity index (χ4n) is 1.49. The van der Waals surface area contributed by atoms with Crippen molar-refractivity contribution >= 4 is 0 Å². The van der Waals surface area contributed by atoms with E-state index in [4.69, 9.17) is 4.74 Å². The van der Waals surface area contributed by atoms with E-state index in [1.54, 1.807) is 0 Å². The van der Waals surface area contributed by atoms with Crippen molar-refractivity contribution in [3.05, 3.63) is 63.8 Å². The van der Waals surface area contributed by atoms with E-state index < -0.39 is 22.8 Å². The van der Waals surface area contributed by atoms with Gasteiger partial charge in [0.25, 0.3) is 0 Å². The molecule has 0 spiro atoms. The van der Waals surface area contributed by atoms with Crippen LogP contribution in [0.3, 0.4) is 0 Å². The zero-order chi connectivity index (χ0) is 14.0. The smallest absolute Gasteiger partial charge is 0.226 e. The molecule has 1 N–H and O–H groups in total. The molecule has 0 aromatic heterocycles. The molecule has 0 aliphatic heterocycles. The highest BCUT2D eigenvalue weighted by atomic mass is 19.1. The van der Waals surface area contributed by atoms with Gasteiger partial charge in [-0.2, -0.15) is 0 Å². The Morgan fingerprint density at radius 2 is 1.84 bits per heavy atom. The second-order valence-corrected chi connectivity index (χ2v) is 3.93. The number of hydrogen-bond acceptors (Lipinski definition) is 3. The Balaban J connectivity index is 2.48. The van der Waals surface area contributed by atoms with Gasteiger partial charge in [0.15, 0.2) is 17.3 Å². The maximum atomic E-state index is 13.4. The maximum absolute atomic E-state index is 13.4. The molecule has 0 bridgehead atoms. The maximum Gasteiger partial charge on any atom is 0.226 e. The van der Waals surface area contributed by atoms with Gasteiger partial charge in [-0.05, 0) is 25.1 Å². The lowest BCUT2D eigenvalue weighted by molar-refractivity contribution is 0.392. The molecule has 0 saturated carbocycles. The van der Waals surface area contributed by atoms with Gasteiger partial charge in [0.05, 0.1) is 0 Å². The van der Waals surface area contributed by atoms with Gasteiger partial charge in [-0.1, -0.05) is 12.1 Å². The van der Waals surface area contributed by atoms with Gasteiger partial charge in [0.2, 0.25) is 11.2 Å². The first-order valence-corrected chi connectivity index (χ1v) is 5.45. The molecule has 0 aliphatic carbocycles. The van der Waals surface area contributed by atoms with Crippen LogP contribution < -0.4 is 10.2 Å². The van der Waals surface area contributed by atoms with Crippen LogP contribution in [0.2, 0.25) is 0 Å². The fraction of sp³-hybridized carbons (Fsp3) is 0.0714. The van der Waals surface area contributed by atoms with E-state index in [2.05, 4.69) is 0 Å². The third kappa shape index (κ3) is 2.70. The van der Waals surface area contributed by atoms with Gasteiger partial charge in [-0.15, -0.1) is 0 Å². The highest BCUT2D eigenvalue weighted by Gasteiger charge is 2.11. The molecular formula is C14H10F2O3. The molecule has 19 heavy (non-hydrogen) atoms. The first kappa shape index (κ1) is 13.0. The lowest BCUT2D eigenvalue weighted by Gasteiger charge is -2.06. The van der Waals surface area contributed by atoms with Crippen molar-refractivity contribution in [3.63, 3.8) is 0 Å². The van der Waals surface area contributed by atoms with Gasteiger partial charge in [0, 0.05) is 11.6 Å². The van der Waals surface area contributed by atoms with E-state index in [0.29, 0.717) is 11.6 Å². The van der Waals surface area contributed by atoms with E-state index in [9.17, 15) is 18.7 Å². The zero-order valence-electron chi connectivity index (χ0n) is 9.98. The molecule has 3 nitrogen and oxygen atoms in total. The number of hydrogen-bond donors (Lipinski definition) is 1. The highest BCUT2D eigenvalue weighted by molar-refractivity contribution is 5.42. The quantitative estimate of drug-likeness (QED) is 0.906. The monoisotopic (exact) mass is 264 g/mol. The molecule has 2 rings (SSSR count). The average molecular weight is 264 g/mol. The topological polar surface area (TPSA) is 46.5 Å². The largest absolute Gasteiger partial charge is 0.502 e. The standard InChI is InChI=1S/C14H10F2O3/c1-8-3-2-4-12(14(18)13(8)17)19-11-6-5-9(15)7-10(11)16/h2-7H,1H3,(H,17,18). The number of aryl methyl sites for hydroxylation is 1. The minimum absolute atomic E-state index is 0.191. The summed E-state index contributed by atoms with van der Waals surface area (Å²) in [6, 6.07) is 7.06. The average Bonchev–Trinajstić information content (AvgIpc) is 2.48. The summed E-state index contributed by atoms with van der Waals surface area (Å²) in [5.41, 5.74) is -0.283. The van der Waals surface area contributed by atoms with Crippen LogP contribution in [0.4, 0.5) is 8.78 Å². The lowest BCUT2D eigenvalue weighted by atomic mass is 10.3. The Kier molecular flexibility index (Phi) is 3.46. The minimum Gasteiger partial charge on any atom is -0.502 e. The summed E-state index contributed by atoms with van der Waals surface area (Å²) in [4.78, 5) is 11.6. The molecule has 98 valence electrons. The number of rotatable bonds is 2. The van der Waals surface area contributed by atoms with Crippen molar-refractivity contribution < 1.29 is 18.6 Å². The van der Waals surface area contributed by atoms with E-state index in [-0.39, 0.29) is 11.5 Å². The molecule has 0 radical (unpaired) electrons. The Morgan fingerprint density at radius 3 is 2.53 bits per heavy atom. The predicted octanol–water partition coefficient (Wildman–Crippen LogP) is 3.13. The SMILES string of the molecule is Cc1cccc(Oc2ccc(F)cc2F)c(O)c1=O. The van der Waals surface area contributed by atoms with E-state index in [1.165, 1.54) is 25.1 Å². The summed E-state index contributed by atoms with van der Waals surface area (Å²) in [6.07, 6.45) is 0. The van der Waals surface area contributed by atoms with Crippen molar-refractivity contribution in [2.45, 2.75) is 6.92 Å². The number of halogens is 2. The third-order valence-electron chi connectivity index (χ3n) is 2.51. The normalized spacial score (nSPS) is 10.3. The predicted molar refractivity (Wildman–Crippen MR) is 65.5 cm³/mol. The second-order valence-electron chi connectivity index (χ2n) is 3.93. The lowest BCUT2D eigenvalue weighted by Crippen LogP contribution is -2.01. The summed E-state index contributed by atoms with van der Waals surface area (Å²) in [5.74, 6) is -2.75. The van der Waals surface area contributed by atoms with Crippen LogP contribution in [0, 0.1) is 18.6 Å². The first-order chi connectivity index (χ1) is 8.99. The highest BCUT2D eigenvalue weighted by Crippen LogP contribution is 2.29. The summed E-state index contributed by atoms with van der Waals surface area (Å²) in [7, 11) is 0. The van der Waals surface area contributed by atoms with Crippen LogP contribution in [-0.2, 0) is 0 Å². The summed E-state index contributed by atoms with van der Waals surface area (Å²) in [6.45, 7) is 1.53. The molecule has 0 saturated heterocycles. The molecule has 2 aromatic rings. The molecule has 0 unspecified atom stereocenters. The van der Waals surface area contributed by atoms with Gasteiger partial charge in [0.1, 0.15) is 5.82 Å². The van der Waals surface area contributed by atoms with Gasteiger partial charge < -0.3 is 9.84 Å².